The van der Waals surface area contributed by atoms with Gasteiger partial charge < -0.3 is 15.1 Å². The van der Waals surface area contributed by atoms with E-state index in [0.29, 0.717) is 10.6 Å². The average Bonchev–Trinajstić information content (AvgIpc) is 2.62. The maximum absolute atomic E-state index is 12.7. The van der Waals surface area contributed by atoms with Gasteiger partial charge in [0.2, 0.25) is 0 Å². The third kappa shape index (κ3) is 4.14. The lowest BCUT2D eigenvalue weighted by Crippen LogP contribution is -2.46. The molecule has 0 saturated carbocycles. The molecule has 1 aliphatic heterocycles. The minimum atomic E-state index is -0.103. The van der Waals surface area contributed by atoms with Crippen LogP contribution in [0.3, 0.4) is 0 Å². The van der Waals surface area contributed by atoms with Gasteiger partial charge in [0, 0.05) is 36.8 Å². The summed E-state index contributed by atoms with van der Waals surface area (Å²) in [5, 5.41) is 3.67. The number of benzene rings is 2. The molecule has 1 saturated heterocycles. The van der Waals surface area contributed by atoms with Crippen molar-refractivity contribution >= 4 is 28.9 Å². The minimum Gasteiger partial charge on any atom is -0.367 e. The van der Waals surface area contributed by atoms with Gasteiger partial charge in [-0.25, -0.2) is 0 Å². The van der Waals surface area contributed by atoms with E-state index in [1.165, 1.54) is 0 Å². The van der Waals surface area contributed by atoms with Crippen LogP contribution in [0.4, 0.5) is 11.4 Å². The van der Waals surface area contributed by atoms with Crippen molar-refractivity contribution in [1.29, 1.82) is 0 Å². The largest absolute Gasteiger partial charge is 0.367 e. The van der Waals surface area contributed by atoms with E-state index < -0.39 is 0 Å². The maximum atomic E-state index is 12.7. The van der Waals surface area contributed by atoms with Gasteiger partial charge in [0.25, 0.3) is 5.91 Å². The highest BCUT2D eigenvalue weighted by Gasteiger charge is 2.20. The molecule has 132 valence electrons. The number of aryl methyl sites for hydroxylation is 1. The number of likely N-dealkylation sites (N-methyl/N-ethyl adjacent to an activating group) is 1. The third-order valence-electron chi connectivity index (χ3n) is 4.76. The molecule has 0 unspecified atom stereocenters. The minimum absolute atomic E-state index is 0.103. The number of amides is 1. The van der Waals surface area contributed by atoms with E-state index in [9.17, 15) is 4.79 Å². The summed E-state index contributed by atoms with van der Waals surface area (Å²) >= 11 is 6.18. The second-order valence-corrected chi connectivity index (χ2v) is 6.79. The van der Waals surface area contributed by atoms with Gasteiger partial charge >= 0.3 is 0 Å². The summed E-state index contributed by atoms with van der Waals surface area (Å²) in [4.78, 5) is 17.4. The van der Waals surface area contributed by atoms with Crippen LogP contribution in [0.1, 0.15) is 22.8 Å². The van der Waals surface area contributed by atoms with Gasteiger partial charge in [-0.2, -0.15) is 0 Å². The summed E-state index contributed by atoms with van der Waals surface area (Å²) in [5.41, 5.74) is 3.44. The van der Waals surface area contributed by atoms with Crippen LogP contribution in [0.2, 0.25) is 5.02 Å². The van der Waals surface area contributed by atoms with Crippen molar-refractivity contribution in [2.45, 2.75) is 13.8 Å². The molecule has 1 amide bonds. The molecule has 4 nitrogen and oxygen atoms in total. The Kier molecular flexibility index (Phi) is 5.61. The highest BCUT2D eigenvalue weighted by molar-refractivity contribution is 6.31. The van der Waals surface area contributed by atoms with Gasteiger partial charge in [0.1, 0.15) is 0 Å². The number of halogens is 1. The Bertz CT molecular complexity index is 754. The molecule has 0 bridgehead atoms. The molecule has 2 aromatic carbocycles. The summed E-state index contributed by atoms with van der Waals surface area (Å²) in [6, 6.07) is 13.3. The van der Waals surface area contributed by atoms with Crippen LogP contribution in [0.15, 0.2) is 42.5 Å². The van der Waals surface area contributed by atoms with Crippen LogP contribution < -0.4 is 10.2 Å². The number of carbonyl (C=O) groups excluding carboxylic acids is 1. The number of rotatable bonds is 4. The monoisotopic (exact) mass is 357 g/mol. The summed E-state index contributed by atoms with van der Waals surface area (Å²) in [5.74, 6) is -0.103. The zero-order valence-electron chi connectivity index (χ0n) is 14.8. The van der Waals surface area contributed by atoms with Crippen LogP contribution in [0.5, 0.6) is 0 Å². The van der Waals surface area contributed by atoms with Gasteiger partial charge in [0.05, 0.1) is 11.4 Å². The topological polar surface area (TPSA) is 35.6 Å². The molecule has 0 aliphatic carbocycles. The second kappa shape index (κ2) is 7.89. The van der Waals surface area contributed by atoms with E-state index in [4.69, 9.17) is 11.6 Å². The molecule has 0 aromatic heterocycles. The fourth-order valence-electron chi connectivity index (χ4n) is 3.21. The number of anilines is 2. The Morgan fingerprint density at radius 1 is 1.12 bits per heavy atom. The lowest BCUT2D eigenvalue weighted by atomic mass is 10.1. The average molecular weight is 358 g/mol. The second-order valence-electron chi connectivity index (χ2n) is 6.35. The van der Waals surface area contributed by atoms with Crippen molar-refractivity contribution in [3.05, 3.63) is 58.6 Å². The van der Waals surface area contributed by atoms with Gasteiger partial charge in [-0.1, -0.05) is 36.7 Å². The number of carbonyl (C=O) groups is 1. The summed E-state index contributed by atoms with van der Waals surface area (Å²) in [6.45, 7) is 9.16. The molecule has 0 atom stereocenters. The molecule has 1 aliphatic rings. The fraction of sp³-hybridized carbons (Fsp3) is 0.350. The van der Waals surface area contributed by atoms with Crippen molar-refractivity contribution in [1.82, 2.24) is 4.90 Å². The van der Waals surface area contributed by atoms with Crippen molar-refractivity contribution in [2.75, 3.05) is 42.9 Å². The highest BCUT2D eigenvalue weighted by atomic mass is 35.5. The first-order valence-corrected chi connectivity index (χ1v) is 9.10. The molecular weight excluding hydrogens is 334 g/mol. The number of hydrogen-bond donors (Lipinski definition) is 1. The van der Waals surface area contributed by atoms with Crippen molar-refractivity contribution < 1.29 is 4.79 Å². The van der Waals surface area contributed by atoms with E-state index in [0.717, 1.165) is 49.7 Å². The first kappa shape index (κ1) is 17.8. The molecule has 0 radical (unpaired) electrons. The van der Waals surface area contributed by atoms with Gasteiger partial charge in [-0.05, 0) is 43.3 Å². The number of piperazine rings is 1. The zero-order valence-corrected chi connectivity index (χ0v) is 15.5. The Hall–Kier alpha value is -2.04. The van der Waals surface area contributed by atoms with E-state index in [1.807, 2.05) is 49.4 Å². The Morgan fingerprint density at radius 3 is 2.52 bits per heavy atom. The van der Waals surface area contributed by atoms with Crippen LogP contribution in [-0.4, -0.2) is 43.5 Å². The lowest BCUT2D eigenvalue weighted by Gasteiger charge is -2.36. The highest BCUT2D eigenvalue weighted by Crippen LogP contribution is 2.30. The van der Waals surface area contributed by atoms with Gasteiger partial charge in [-0.15, -0.1) is 0 Å². The van der Waals surface area contributed by atoms with Crippen molar-refractivity contribution in [3.63, 3.8) is 0 Å². The molecule has 1 fully saturated rings. The molecule has 1 heterocycles. The standard InChI is InChI=1S/C20H24ClN3O/c1-3-23-10-12-24(13-11-23)19-9-8-16(21)14-18(19)22-20(25)17-7-5-4-6-15(17)2/h4-9,14H,3,10-13H2,1-2H3,(H,22,25). The lowest BCUT2D eigenvalue weighted by molar-refractivity contribution is 0.102. The van der Waals surface area contributed by atoms with Crippen LogP contribution in [0.25, 0.3) is 0 Å². The Balaban J connectivity index is 1.83. The third-order valence-corrected chi connectivity index (χ3v) is 4.99. The smallest absolute Gasteiger partial charge is 0.255 e. The molecule has 3 rings (SSSR count). The molecule has 5 heteroatoms. The first-order chi connectivity index (χ1) is 12.1. The summed E-state index contributed by atoms with van der Waals surface area (Å²) in [7, 11) is 0. The number of nitrogens with one attached hydrogen (secondary N) is 1. The molecule has 1 N–H and O–H groups in total. The predicted molar refractivity (Wildman–Crippen MR) is 105 cm³/mol. The van der Waals surface area contributed by atoms with Crippen molar-refractivity contribution in [3.8, 4) is 0 Å². The molecule has 0 spiro atoms. The summed E-state index contributed by atoms with van der Waals surface area (Å²) in [6.07, 6.45) is 0. The molecule has 25 heavy (non-hydrogen) atoms. The predicted octanol–water partition coefficient (Wildman–Crippen LogP) is 4.04. The van der Waals surface area contributed by atoms with Crippen LogP contribution in [0, 0.1) is 6.92 Å². The Labute approximate surface area is 154 Å². The van der Waals surface area contributed by atoms with Gasteiger partial charge in [0.15, 0.2) is 0 Å². The van der Waals surface area contributed by atoms with E-state index in [2.05, 4.69) is 22.0 Å². The number of hydrogen-bond acceptors (Lipinski definition) is 3. The summed E-state index contributed by atoms with van der Waals surface area (Å²) < 4.78 is 0. The van der Waals surface area contributed by atoms with Crippen LogP contribution >= 0.6 is 11.6 Å². The van der Waals surface area contributed by atoms with E-state index in [-0.39, 0.29) is 5.91 Å². The quantitative estimate of drug-likeness (QED) is 0.896. The van der Waals surface area contributed by atoms with E-state index in [1.54, 1.807) is 0 Å². The SMILES string of the molecule is CCN1CCN(c2ccc(Cl)cc2NC(=O)c2ccccc2C)CC1. The van der Waals surface area contributed by atoms with Gasteiger partial charge in [-0.3, -0.25) is 4.79 Å². The van der Waals surface area contributed by atoms with Crippen LogP contribution in [-0.2, 0) is 0 Å². The maximum Gasteiger partial charge on any atom is 0.255 e. The van der Waals surface area contributed by atoms with Crippen molar-refractivity contribution in [2.24, 2.45) is 0 Å². The normalized spacial score (nSPS) is 15.2. The first-order valence-electron chi connectivity index (χ1n) is 8.72. The zero-order chi connectivity index (χ0) is 17.8. The molecular formula is C20H24ClN3O. The Morgan fingerprint density at radius 2 is 1.84 bits per heavy atom. The van der Waals surface area contributed by atoms with E-state index >= 15 is 0 Å². The fourth-order valence-corrected chi connectivity index (χ4v) is 3.38. The molecule has 2 aromatic rings. The number of nitrogens with zero attached hydrogens (tertiary/aromatic N) is 2.